The fraction of sp³-hybridized carbons (Fsp3) is 0.417. The third-order valence-electron chi connectivity index (χ3n) is 2.26. The van der Waals surface area contributed by atoms with Crippen molar-refractivity contribution >= 4 is 0 Å². The lowest BCUT2D eigenvalue weighted by molar-refractivity contribution is 0.269. The number of para-hydroxylation sites is 1. The molecule has 1 atom stereocenters. The maximum Gasteiger partial charge on any atom is 0.190 e. The number of nitriles is 1. The average Bonchev–Trinajstić information content (AvgIpc) is 2.27. The number of halogens is 2. The lowest BCUT2D eigenvalue weighted by atomic mass is 10.00. The minimum absolute atomic E-state index is 0.117. The van der Waals surface area contributed by atoms with E-state index in [2.05, 4.69) is 0 Å². The van der Waals surface area contributed by atoms with E-state index in [0.29, 0.717) is 12.8 Å². The molecule has 3 nitrogen and oxygen atoms in total. The highest BCUT2D eigenvalue weighted by molar-refractivity contribution is 5.25. The SMILES string of the molecule is CC(N)(C#N)CCCOc1c(F)cccc1F. The molecule has 0 fully saturated rings. The van der Waals surface area contributed by atoms with Crippen LogP contribution < -0.4 is 10.5 Å². The van der Waals surface area contributed by atoms with E-state index in [0.717, 1.165) is 12.1 Å². The number of hydrogen-bond donors (Lipinski definition) is 1. The van der Waals surface area contributed by atoms with Gasteiger partial charge in [-0.3, -0.25) is 0 Å². The zero-order valence-corrected chi connectivity index (χ0v) is 9.54. The van der Waals surface area contributed by atoms with Crippen LogP contribution in [0.3, 0.4) is 0 Å². The predicted molar refractivity (Wildman–Crippen MR) is 59.3 cm³/mol. The highest BCUT2D eigenvalue weighted by Crippen LogP contribution is 2.21. The molecule has 0 aliphatic heterocycles. The quantitative estimate of drug-likeness (QED) is 0.804. The number of nitrogens with two attached hydrogens (primary N) is 1. The van der Waals surface area contributed by atoms with E-state index >= 15 is 0 Å². The van der Waals surface area contributed by atoms with Crippen LogP contribution in [0.25, 0.3) is 0 Å². The summed E-state index contributed by atoms with van der Waals surface area (Å²) in [4.78, 5) is 0. The number of hydrogen-bond acceptors (Lipinski definition) is 3. The van der Waals surface area contributed by atoms with Crippen LogP contribution in [-0.2, 0) is 0 Å². The number of benzene rings is 1. The van der Waals surface area contributed by atoms with Crippen molar-refractivity contribution in [2.24, 2.45) is 5.73 Å². The van der Waals surface area contributed by atoms with E-state index in [-0.39, 0.29) is 12.4 Å². The van der Waals surface area contributed by atoms with Crippen LogP contribution in [0.5, 0.6) is 5.75 Å². The topological polar surface area (TPSA) is 59.0 Å². The molecule has 92 valence electrons. The number of rotatable bonds is 5. The second-order valence-electron chi connectivity index (χ2n) is 4.03. The van der Waals surface area contributed by atoms with Gasteiger partial charge in [-0.05, 0) is 31.9 Å². The summed E-state index contributed by atoms with van der Waals surface area (Å²) in [5.41, 5.74) is 4.66. The largest absolute Gasteiger partial charge is 0.488 e. The Kier molecular flexibility index (Phi) is 4.41. The highest BCUT2D eigenvalue weighted by Gasteiger charge is 2.17. The monoisotopic (exact) mass is 240 g/mol. The van der Waals surface area contributed by atoms with E-state index in [1.807, 2.05) is 6.07 Å². The molecule has 5 heteroatoms. The summed E-state index contributed by atoms with van der Waals surface area (Å²) < 4.78 is 31.3. The Hall–Kier alpha value is -1.67. The molecular formula is C12H14F2N2O. The first-order chi connectivity index (χ1) is 7.96. The maximum atomic E-state index is 13.1. The van der Waals surface area contributed by atoms with E-state index in [1.54, 1.807) is 6.92 Å². The molecule has 0 bridgehead atoms. The number of ether oxygens (including phenoxy) is 1. The van der Waals surface area contributed by atoms with Gasteiger partial charge in [0.15, 0.2) is 17.4 Å². The van der Waals surface area contributed by atoms with Gasteiger partial charge in [-0.2, -0.15) is 5.26 Å². The molecule has 0 radical (unpaired) electrons. The van der Waals surface area contributed by atoms with Gasteiger partial charge in [0.25, 0.3) is 0 Å². The van der Waals surface area contributed by atoms with Crippen molar-refractivity contribution in [3.05, 3.63) is 29.8 Å². The molecule has 0 saturated heterocycles. The molecule has 0 aliphatic rings. The molecule has 2 N–H and O–H groups in total. The van der Waals surface area contributed by atoms with Gasteiger partial charge in [-0.25, -0.2) is 8.78 Å². The number of nitrogens with zero attached hydrogens (tertiary/aromatic N) is 1. The molecule has 1 aromatic carbocycles. The molecule has 1 aromatic rings. The van der Waals surface area contributed by atoms with Crippen molar-refractivity contribution < 1.29 is 13.5 Å². The van der Waals surface area contributed by atoms with E-state index < -0.39 is 17.2 Å². The molecule has 0 aliphatic carbocycles. The van der Waals surface area contributed by atoms with Crippen molar-refractivity contribution in [3.8, 4) is 11.8 Å². The van der Waals surface area contributed by atoms with Gasteiger partial charge < -0.3 is 10.5 Å². The molecule has 0 spiro atoms. The second kappa shape index (κ2) is 5.60. The summed E-state index contributed by atoms with van der Waals surface area (Å²) in [5.74, 6) is -1.86. The van der Waals surface area contributed by atoms with Crippen LogP contribution in [0.2, 0.25) is 0 Å². The molecule has 0 amide bonds. The van der Waals surface area contributed by atoms with Crippen molar-refractivity contribution in [2.75, 3.05) is 6.61 Å². The molecule has 0 saturated carbocycles. The average molecular weight is 240 g/mol. The van der Waals surface area contributed by atoms with Gasteiger partial charge >= 0.3 is 0 Å². The van der Waals surface area contributed by atoms with Gasteiger partial charge in [0, 0.05) is 0 Å². The first-order valence-corrected chi connectivity index (χ1v) is 5.23. The summed E-state index contributed by atoms with van der Waals surface area (Å²) >= 11 is 0. The van der Waals surface area contributed by atoms with Crippen molar-refractivity contribution in [3.63, 3.8) is 0 Å². The fourth-order valence-corrected chi connectivity index (χ4v) is 1.29. The minimum atomic E-state index is -0.933. The van der Waals surface area contributed by atoms with E-state index in [1.165, 1.54) is 6.07 Å². The third kappa shape index (κ3) is 4.00. The Morgan fingerprint density at radius 1 is 1.41 bits per heavy atom. The molecule has 1 rings (SSSR count). The Balaban J connectivity index is 2.45. The molecule has 1 unspecified atom stereocenters. The normalized spacial score (nSPS) is 13.8. The van der Waals surface area contributed by atoms with E-state index in [9.17, 15) is 8.78 Å². The van der Waals surface area contributed by atoms with Gasteiger partial charge in [-0.1, -0.05) is 6.07 Å². The van der Waals surface area contributed by atoms with Crippen LogP contribution in [-0.4, -0.2) is 12.1 Å². The van der Waals surface area contributed by atoms with Crippen LogP contribution in [0.15, 0.2) is 18.2 Å². The Morgan fingerprint density at radius 3 is 2.53 bits per heavy atom. The maximum absolute atomic E-state index is 13.1. The van der Waals surface area contributed by atoms with Crippen molar-refractivity contribution in [2.45, 2.75) is 25.3 Å². The standard InChI is InChI=1S/C12H14F2N2O/c1-12(16,8-15)6-3-7-17-11-9(13)4-2-5-10(11)14/h2,4-5H,3,6-7,16H2,1H3. The summed E-state index contributed by atoms with van der Waals surface area (Å²) in [7, 11) is 0. The van der Waals surface area contributed by atoms with Gasteiger partial charge in [0.1, 0.15) is 5.54 Å². The summed E-state index contributed by atoms with van der Waals surface area (Å²) in [6.07, 6.45) is 0.855. The van der Waals surface area contributed by atoms with E-state index in [4.69, 9.17) is 15.7 Å². The van der Waals surface area contributed by atoms with Gasteiger partial charge in [-0.15, -0.1) is 0 Å². The Labute approximate surface area is 98.8 Å². The fourth-order valence-electron chi connectivity index (χ4n) is 1.29. The predicted octanol–water partition coefficient (Wildman–Crippen LogP) is 2.36. The van der Waals surface area contributed by atoms with Crippen molar-refractivity contribution in [1.82, 2.24) is 0 Å². The first-order valence-electron chi connectivity index (χ1n) is 5.23. The van der Waals surface area contributed by atoms with Crippen molar-refractivity contribution in [1.29, 1.82) is 5.26 Å². The smallest absolute Gasteiger partial charge is 0.190 e. The molecule has 0 heterocycles. The van der Waals surface area contributed by atoms with Crippen LogP contribution in [0.4, 0.5) is 8.78 Å². The molecule has 17 heavy (non-hydrogen) atoms. The lowest BCUT2D eigenvalue weighted by Gasteiger charge is -2.15. The van der Waals surface area contributed by atoms with Crippen LogP contribution >= 0.6 is 0 Å². The Bertz CT molecular complexity index is 407. The second-order valence-corrected chi connectivity index (χ2v) is 4.03. The Morgan fingerprint density at radius 2 is 2.00 bits per heavy atom. The summed E-state index contributed by atoms with van der Waals surface area (Å²) in [6, 6.07) is 5.46. The van der Waals surface area contributed by atoms with Gasteiger partial charge in [0.05, 0.1) is 12.7 Å². The first kappa shape index (κ1) is 13.4. The summed E-state index contributed by atoms with van der Waals surface area (Å²) in [5, 5.41) is 8.66. The molecular weight excluding hydrogens is 226 g/mol. The van der Waals surface area contributed by atoms with Crippen LogP contribution in [0, 0.1) is 23.0 Å². The van der Waals surface area contributed by atoms with Crippen LogP contribution in [0.1, 0.15) is 19.8 Å². The third-order valence-corrected chi connectivity index (χ3v) is 2.26. The zero-order valence-electron chi connectivity index (χ0n) is 9.54. The summed E-state index contributed by atoms with van der Waals surface area (Å²) in [6.45, 7) is 1.71. The lowest BCUT2D eigenvalue weighted by Crippen LogP contribution is -2.34. The minimum Gasteiger partial charge on any atom is -0.488 e. The zero-order chi connectivity index (χ0) is 12.9. The highest BCUT2D eigenvalue weighted by atomic mass is 19.1. The van der Waals surface area contributed by atoms with Gasteiger partial charge in [0.2, 0.25) is 0 Å². The molecule has 0 aromatic heterocycles.